The van der Waals surface area contributed by atoms with Crippen molar-refractivity contribution in [3.8, 4) is 0 Å². The molecule has 0 radical (unpaired) electrons. The zero-order valence-electron chi connectivity index (χ0n) is 8.25. The van der Waals surface area contributed by atoms with Crippen molar-refractivity contribution in [1.29, 1.82) is 0 Å². The maximum atomic E-state index is 6.10. The minimum Gasteiger partial charge on any atom is -0.326 e. The van der Waals surface area contributed by atoms with Crippen molar-refractivity contribution in [3.05, 3.63) is 0 Å². The molecule has 0 saturated heterocycles. The van der Waals surface area contributed by atoms with E-state index in [0.29, 0.717) is 17.3 Å². The van der Waals surface area contributed by atoms with Crippen LogP contribution in [0, 0.1) is 23.2 Å². The first-order valence-electron chi connectivity index (χ1n) is 4.97. The van der Waals surface area contributed by atoms with Crippen LogP contribution in [0.1, 0.15) is 27.2 Å². The molecule has 0 amide bonds. The summed E-state index contributed by atoms with van der Waals surface area (Å²) in [5.74, 6) is 2.10. The SMILES string of the molecule is C[C@H]1C(N)C(N)[C@@H]2C[C@H]1C2(C)C. The maximum absolute atomic E-state index is 6.10. The Morgan fingerprint density at radius 3 is 2.08 bits per heavy atom. The van der Waals surface area contributed by atoms with Gasteiger partial charge in [0.25, 0.3) is 0 Å². The lowest BCUT2D eigenvalue weighted by atomic mass is 9.43. The van der Waals surface area contributed by atoms with E-state index in [4.69, 9.17) is 11.5 Å². The number of nitrogens with two attached hydrogens (primary N) is 2. The maximum Gasteiger partial charge on any atom is 0.0229 e. The van der Waals surface area contributed by atoms with Crippen LogP contribution in [-0.4, -0.2) is 12.1 Å². The van der Waals surface area contributed by atoms with Crippen LogP contribution in [0.5, 0.6) is 0 Å². The van der Waals surface area contributed by atoms with Crippen molar-refractivity contribution in [1.82, 2.24) is 0 Å². The van der Waals surface area contributed by atoms with Crippen LogP contribution in [0.4, 0.5) is 0 Å². The summed E-state index contributed by atoms with van der Waals surface area (Å²) in [6.45, 7) is 6.94. The van der Waals surface area contributed by atoms with E-state index in [-0.39, 0.29) is 12.1 Å². The van der Waals surface area contributed by atoms with Crippen LogP contribution in [0.25, 0.3) is 0 Å². The highest BCUT2D eigenvalue weighted by Gasteiger charge is 2.59. The molecule has 0 aromatic rings. The number of rotatable bonds is 0. The Balaban J connectivity index is 2.24. The Morgan fingerprint density at radius 2 is 1.67 bits per heavy atom. The van der Waals surface area contributed by atoms with Crippen molar-refractivity contribution < 1.29 is 0 Å². The molecular formula is C10H20N2. The molecule has 0 heterocycles. The predicted octanol–water partition coefficient (Wildman–Crippen LogP) is 0.953. The van der Waals surface area contributed by atoms with E-state index < -0.39 is 0 Å². The van der Waals surface area contributed by atoms with Gasteiger partial charge in [-0.25, -0.2) is 0 Å². The summed E-state index contributed by atoms with van der Waals surface area (Å²) in [5, 5.41) is 0. The van der Waals surface area contributed by atoms with Crippen LogP contribution in [0.2, 0.25) is 0 Å². The average Bonchev–Trinajstić information content (AvgIpc) is 1.98. The summed E-state index contributed by atoms with van der Waals surface area (Å²) in [6.07, 6.45) is 1.31. The van der Waals surface area contributed by atoms with E-state index in [0.717, 1.165) is 5.92 Å². The van der Waals surface area contributed by atoms with E-state index in [1.807, 2.05) is 0 Å². The average molecular weight is 168 g/mol. The van der Waals surface area contributed by atoms with E-state index in [9.17, 15) is 0 Å². The van der Waals surface area contributed by atoms with Gasteiger partial charge < -0.3 is 11.5 Å². The largest absolute Gasteiger partial charge is 0.326 e. The van der Waals surface area contributed by atoms with Gasteiger partial charge in [-0.05, 0) is 29.6 Å². The van der Waals surface area contributed by atoms with Crippen LogP contribution >= 0.6 is 0 Å². The zero-order valence-corrected chi connectivity index (χ0v) is 8.25. The van der Waals surface area contributed by atoms with Gasteiger partial charge in [0.15, 0.2) is 0 Å². The van der Waals surface area contributed by atoms with Gasteiger partial charge in [-0.3, -0.25) is 0 Å². The Morgan fingerprint density at radius 1 is 1.08 bits per heavy atom. The molecule has 0 aromatic carbocycles. The molecule has 3 fully saturated rings. The highest BCUT2D eigenvalue weighted by molar-refractivity contribution is 5.12. The Bertz CT molecular complexity index is 182. The van der Waals surface area contributed by atoms with Crippen LogP contribution < -0.4 is 11.5 Å². The second-order valence-electron chi connectivity index (χ2n) is 5.28. The third-order valence-electron chi connectivity index (χ3n) is 4.57. The zero-order chi connectivity index (χ0) is 9.09. The van der Waals surface area contributed by atoms with E-state index in [1.165, 1.54) is 6.42 Å². The third kappa shape index (κ3) is 0.775. The molecule has 70 valence electrons. The normalized spacial score (nSPS) is 56.2. The molecule has 0 spiro atoms. The monoisotopic (exact) mass is 168 g/mol. The minimum atomic E-state index is 0.236. The van der Waals surface area contributed by atoms with E-state index in [2.05, 4.69) is 20.8 Å². The van der Waals surface area contributed by atoms with E-state index >= 15 is 0 Å². The second-order valence-corrected chi connectivity index (χ2v) is 5.28. The van der Waals surface area contributed by atoms with Crippen molar-refractivity contribution in [2.45, 2.75) is 39.3 Å². The molecule has 3 saturated carbocycles. The first-order valence-corrected chi connectivity index (χ1v) is 4.97. The molecule has 4 N–H and O–H groups in total. The molecule has 3 rings (SSSR count). The van der Waals surface area contributed by atoms with Gasteiger partial charge in [-0.15, -0.1) is 0 Å². The fourth-order valence-electron chi connectivity index (χ4n) is 3.43. The summed E-state index contributed by atoms with van der Waals surface area (Å²) in [5.41, 5.74) is 12.6. The minimum absolute atomic E-state index is 0.236. The Hall–Kier alpha value is -0.0800. The molecule has 2 unspecified atom stereocenters. The highest BCUT2D eigenvalue weighted by atomic mass is 14.9. The van der Waals surface area contributed by atoms with Crippen molar-refractivity contribution in [2.75, 3.05) is 0 Å². The molecule has 2 bridgehead atoms. The van der Waals surface area contributed by atoms with Gasteiger partial charge in [0.2, 0.25) is 0 Å². The summed E-state index contributed by atoms with van der Waals surface area (Å²) in [7, 11) is 0. The number of hydrogen-bond donors (Lipinski definition) is 2. The van der Waals surface area contributed by atoms with Gasteiger partial charge in [-0.1, -0.05) is 20.8 Å². The first kappa shape index (κ1) is 8.52. The molecule has 5 atom stereocenters. The van der Waals surface area contributed by atoms with Crippen molar-refractivity contribution in [2.24, 2.45) is 34.6 Å². The number of fused-ring (bicyclic) bond motifs is 2. The standard InChI is InChI=1S/C10H20N2/c1-5-6-4-7(10(6,2)3)9(12)8(5)11/h5-9H,4,11-12H2,1-3H3/t5-,6-,7+,8?,9?/m1/s1. The Labute approximate surface area is 74.7 Å². The Kier molecular flexibility index (Phi) is 1.59. The quantitative estimate of drug-likeness (QED) is 0.566. The molecule has 3 aliphatic carbocycles. The molecular weight excluding hydrogens is 148 g/mol. The van der Waals surface area contributed by atoms with Crippen molar-refractivity contribution in [3.63, 3.8) is 0 Å². The topological polar surface area (TPSA) is 52.0 Å². The fraction of sp³-hybridized carbons (Fsp3) is 1.00. The van der Waals surface area contributed by atoms with Gasteiger partial charge >= 0.3 is 0 Å². The molecule has 0 aliphatic heterocycles. The molecule has 3 aliphatic rings. The summed E-state index contributed by atoms with van der Waals surface area (Å²) in [4.78, 5) is 0. The van der Waals surface area contributed by atoms with Gasteiger partial charge in [0.1, 0.15) is 0 Å². The summed E-state index contributed by atoms with van der Waals surface area (Å²) < 4.78 is 0. The van der Waals surface area contributed by atoms with Gasteiger partial charge in [0.05, 0.1) is 0 Å². The highest BCUT2D eigenvalue weighted by Crippen LogP contribution is 2.60. The van der Waals surface area contributed by atoms with Gasteiger partial charge in [-0.2, -0.15) is 0 Å². The second kappa shape index (κ2) is 2.24. The molecule has 12 heavy (non-hydrogen) atoms. The lowest BCUT2D eigenvalue weighted by Crippen LogP contribution is -2.69. The third-order valence-corrected chi connectivity index (χ3v) is 4.57. The lowest BCUT2D eigenvalue weighted by molar-refractivity contribution is -0.121. The number of hydrogen-bond acceptors (Lipinski definition) is 2. The fourth-order valence-corrected chi connectivity index (χ4v) is 3.43. The molecule has 2 heteroatoms. The van der Waals surface area contributed by atoms with Crippen molar-refractivity contribution >= 4 is 0 Å². The summed E-state index contributed by atoms with van der Waals surface area (Å²) >= 11 is 0. The smallest absolute Gasteiger partial charge is 0.0229 e. The first-order chi connectivity index (χ1) is 5.46. The van der Waals surface area contributed by atoms with Gasteiger partial charge in [0, 0.05) is 12.1 Å². The van der Waals surface area contributed by atoms with E-state index in [1.54, 1.807) is 0 Å². The molecule has 0 aromatic heterocycles. The van der Waals surface area contributed by atoms with Crippen LogP contribution in [0.3, 0.4) is 0 Å². The predicted molar refractivity (Wildman–Crippen MR) is 50.5 cm³/mol. The van der Waals surface area contributed by atoms with Crippen LogP contribution in [0.15, 0.2) is 0 Å². The van der Waals surface area contributed by atoms with Crippen LogP contribution in [-0.2, 0) is 0 Å². The summed E-state index contributed by atoms with van der Waals surface area (Å²) in [6, 6.07) is 0.474. The molecule has 2 nitrogen and oxygen atoms in total. The lowest BCUT2D eigenvalue weighted by Gasteiger charge is -2.64.